The third-order valence-electron chi connectivity index (χ3n) is 5.26. The molecule has 0 spiro atoms. The molecule has 0 fully saturated rings. The highest BCUT2D eigenvalue weighted by atomic mass is 16.5. The van der Waals surface area contributed by atoms with Crippen molar-refractivity contribution in [1.29, 1.82) is 0 Å². The average molecular weight is 409 g/mol. The molecule has 1 aliphatic heterocycles. The van der Waals surface area contributed by atoms with E-state index in [9.17, 15) is 4.79 Å². The number of hydrogen-bond donors (Lipinski definition) is 3. The van der Waals surface area contributed by atoms with E-state index in [0.29, 0.717) is 13.0 Å². The zero-order valence-corrected chi connectivity index (χ0v) is 17.9. The quantitative estimate of drug-likeness (QED) is 0.336. The van der Waals surface area contributed by atoms with Crippen molar-refractivity contribution in [2.45, 2.75) is 38.5 Å². The predicted molar refractivity (Wildman–Crippen MR) is 122 cm³/mol. The van der Waals surface area contributed by atoms with Gasteiger partial charge in [-0.1, -0.05) is 30.3 Å². The van der Waals surface area contributed by atoms with Crippen molar-refractivity contribution < 1.29 is 9.53 Å². The fourth-order valence-corrected chi connectivity index (χ4v) is 3.66. The molecule has 2 aromatic carbocycles. The number of carbonyl (C=O) groups is 1. The van der Waals surface area contributed by atoms with Crippen LogP contribution >= 0.6 is 0 Å². The van der Waals surface area contributed by atoms with Crippen LogP contribution < -0.4 is 20.7 Å². The van der Waals surface area contributed by atoms with Crippen LogP contribution in [0.1, 0.15) is 43.2 Å². The first-order valence-electron chi connectivity index (χ1n) is 10.7. The first-order valence-corrected chi connectivity index (χ1v) is 10.7. The molecule has 0 radical (unpaired) electrons. The summed E-state index contributed by atoms with van der Waals surface area (Å²) in [5.74, 6) is 1.88. The number of nitrogens with one attached hydrogen (secondary N) is 3. The molecule has 0 saturated heterocycles. The summed E-state index contributed by atoms with van der Waals surface area (Å²) in [6, 6.07) is 16.2. The second kappa shape index (κ2) is 11.2. The van der Waals surface area contributed by atoms with Gasteiger partial charge in [-0.2, -0.15) is 0 Å². The molecular formula is C24H32N4O2. The lowest BCUT2D eigenvalue weighted by atomic mass is 9.91. The van der Waals surface area contributed by atoms with Crippen LogP contribution in [0.5, 0.6) is 5.75 Å². The summed E-state index contributed by atoms with van der Waals surface area (Å²) in [7, 11) is 1.69. The van der Waals surface area contributed by atoms with Gasteiger partial charge in [0.15, 0.2) is 5.96 Å². The Labute approximate surface area is 179 Å². The zero-order chi connectivity index (χ0) is 21.2. The number of hydrogen-bond acceptors (Lipinski definition) is 3. The number of rotatable bonds is 9. The molecule has 2 aromatic rings. The van der Waals surface area contributed by atoms with E-state index in [2.05, 4.69) is 41.1 Å². The van der Waals surface area contributed by atoms with Crippen LogP contribution in [0.3, 0.4) is 0 Å². The van der Waals surface area contributed by atoms with Gasteiger partial charge >= 0.3 is 0 Å². The number of aliphatic imine (C=N–C) groups is 1. The normalized spacial score (nSPS) is 15.9. The molecule has 1 aliphatic rings. The Bertz CT molecular complexity index is 849. The highest BCUT2D eigenvalue weighted by Crippen LogP contribution is 2.31. The number of guanidine groups is 1. The number of amides is 1. The maximum Gasteiger partial charge on any atom is 0.225 e. The third kappa shape index (κ3) is 6.24. The lowest BCUT2D eigenvalue weighted by Crippen LogP contribution is -2.38. The number of para-hydroxylation sites is 1. The Morgan fingerprint density at radius 1 is 1.13 bits per heavy atom. The lowest BCUT2D eigenvalue weighted by Gasteiger charge is -2.24. The van der Waals surface area contributed by atoms with Crippen LogP contribution in [0.4, 0.5) is 5.69 Å². The molecule has 160 valence electrons. The molecule has 0 saturated carbocycles. The lowest BCUT2D eigenvalue weighted by molar-refractivity contribution is -0.116. The Balaban J connectivity index is 1.47. The summed E-state index contributed by atoms with van der Waals surface area (Å²) in [5, 5.41) is 9.67. The standard InChI is InChI=1S/C24H32N4O2/c1-3-25-24(26-15-7-6-8-18-11-13-20(30-2)14-12-18)27-17-19-16-23(29)28-22-10-5-4-9-21(19)22/h4-5,9-14,19H,3,6-8,15-17H2,1-2H3,(H,28,29)(H2,25,26,27). The number of unbranched alkanes of at least 4 members (excludes halogenated alkanes) is 1. The zero-order valence-electron chi connectivity index (χ0n) is 17.9. The molecule has 6 nitrogen and oxygen atoms in total. The van der Waals surface area contributed by atoms with Crippen LogP contribution in [0, 0.1) is 0 Å². The van der Waals surface area contributed by atoms with Crippen molar-refractivity contribution in [3.8, 4) is 5.75 Å². The van der Waals surface area contributed by atoms with Crippen LogP contribution in [0.2, 0.25) is 0 Å². The van der Waals surface area contributed by atoms with Crippen molar-refractivity contribution in [2.24, 2.45) is 4.99 Å². The number of fused-ring (bicyclic) bond motifs is 1. The van der Waals surface area contributed by atoms with Gasteiger partial charge in [0, 0.05) is 31.1 Å². The van der Waals surface area contributed by atoms with Crippen molar-refractivity contribution in [3.05, 3.63) is 59.7 Å². The van der Waals surface area contributed by atoms with Gasteiger partial charge in [0.1, 0.15) is 5.75 Å². The van der Waals surface area contributed by atoms with E-state index in [4.69, 9.17) is 9.73 Å². The Hall–Kier alpha value is -3.02. The van der Waals surface area contributed by atoms with E-state index in [-0.39, 0.29) is 11.8 Å². The SMILES string of the molecule is CCNC(=NCC1CC(=O)Nc2ccccc21)NCCCCc1ccc(OC)cc1. The fraction of sp³-hybridized carbons (Fsp3) is 0.417. The van der Waals surface area contributed by atoms with E-state index >= 15 is 0 Å². The van der Waals surface area contributed by atoms with E-state index in [1.807, 2.05) is 30.3 Å². The number of carbonyl (C=O) groups excluding carboxylic acids is 1. The molecule has 30 heavy (non-hydrogen) atoms. The van der Waals surface area contributed by atoms with Crippen molar-refractivity contribution >= 4 is 17.6 Å². The minimum absolute atomic E-state index is 0.0605. The van der Waals surface area contributed by atoms with Gasteiger partial charge in [-0.05, 0) is 55.5 Å². The van der Waals surface area contributed by atoms with Gasteiger partial charge in [-0.3, -0.25) is 9.79 Å². The van der Waals surface area contributed by atoms with Gasteiger partial charge in [0.05, 0.1) is 13.7 Å². The summed E-state index contributed by atoms with van der Waals surface area (Å²) in [6.07, 6.45) is 3.69. The monoisotopic (exact) mass is 408 g/mol. The largest absolute Gasteiger partial charge is 0.497 e. The number of benzene rings is 2. The maximum absolute atomic E-state index is 12.0. The minimum atomic E-state index is 0.0605. The predicted octanol–water partition coefficient (Wildman–Crippen LogP) is 3.70. The summed E-state index contributed by atoms with van der Waals surface area (Å²) < 4.78 is 5.20. The van der Waals surface area contributed by atoms with Gasteiger partial charge in [0.25, 0.3) is 0 Å². The highest BCUT2D eigenvalue weighted by Gasteiger charge is 2.24. The Kier molecular flexibility index (Phi) is 8.12. The molecular weight excluding hydrogens is 376 g/mol. The van der Waals surface area contributed by atoms with Crippen LogP contribution in [-0.4, -0.2) is 38.6 Å². The van der Waals surface area contributed by atoms with Crippen LogP contribution in [0.25, 0.3) is 0 Å². The Morgan fingerprint density at radius 3 is 2.70 bits per heavy atom. The molecule has 3 rings (SSSR count). The summed E-state index contributed by atoms with van der Waals surface area (Å²) in [6.45, 7) is 4.32. The number of nitrogens with zero attached hydrogens (tertiary/aromatic N) is 1. The molecule has 1 amide bonds. The van der Waals surface area contributed by atoms with Gasteiger partial charge in [-0.15, -0.1) is 0 Å². The Morgan fingerprint density at radius 2 is 1.93 bits per heavy atom. The number of ether oxygens (including phenoxy) is 1. The molecule has 1 unspecified atom stereocenters. The second-order valence-corrected chi connectivity index (χ2v) is 7.49. The number of aryl methyl sites for hydroxylation is 1. The van der Waals surface area contributed by atoms with Crippen molar-refractivity contribution in [3.63, 3.8) is 0 Å². The van der Waals surface area contributed by atoms with Gasteiger partial charge in [0.2, 0.25) is 5.91 Å². The van der Waals surface area contributed by atoms with Crippen LogP contribution in [0.15, 0.2) is 53.5 Å². The average Bonchev–Trinajstić information content (AvgIpc) is 2.77. The molecule has 0 bridgehead atoms. The summed E-state index contributed by atoms with van der Waals surface area (Å²) >= 11 is 0. The molecule has 1 atom stereocenters. The molecule has 0 aliphatic carbocycles. The third-order valence-corrected chi connectivity index (χ3v) is 5.26. The van der Waals surface area contributed by atoms with E-state index in [1.165, 1.54) is 5.56 Å². The fourth-order valence-electron chi connectivity index (χ4n) is 3.66. The van der Waals surface area contributed by atoms with Crippen molar-refractivity contribution in [2.75, 3.05) is 32.1 Å². The minimum Gasteiger partial charge on any atom is -0.497 e. The molecule has 3 N–H and O–H groups in total. The summed E-state index contributed by atoms with van der Waals surface area (Å²) in [5.41, 5.74) is 3.40. The molecule has 6 heteroatoms. The highest BCUT2D eigenvalue weighted by molar-refractivity contribution is 5.94. The summed E-state index contributed by atoms with van der Waals surface area (Å²) in [4.78, 5) is 16.8. The first-order chi connectivity index (χ1) is 14.7. The second-order valence-electron chi connectivity index (χ2n) is 7.49. The van der Waals surface area contributed by atoms with E-state index < -0.39 is 0 Å². The van der Waals surface area contributed by atoms with Gasteiger partial charge < -0.3 is 20.7 Å². The van der Waals surface area contributed by atoms with E-state index in [0.717, 1.165) is 55.3 Å². The molecule has 1 heterocycles. The van der Waals surface area contributed by atoms with Crippen LogP contribution in [-0.2, 0) is 11.2 Å². The topological polar surface area (TPSA) is 74.8 Å². The van der Waals surface area contributed by atoms with Crippen molar-refractivity contribution in [1.82, 2.24) is 10.6 Å². The van der Waals surface area contributed by atoms with E-state index in [1.54, 1.807) is 7.11 Å². The number of methoxy groups -OCH3 is 1. The smallest absolute Gasteiger partial charge is 0.225 e. The molecule has 0 aromatic heterocycles. The number of anilines is 1. The van der Waals surface area contributed by atoms with Gasteiger partial charge in [-0.25, -0.2) is 0 Å². The maximum atomic E-state index is 12.0. The first kappa shape index (κ1) is 21.7.